The normalized spacial score (nSPS) is 16.1. The van der Waals surface area contributed by atoms with Gasteiger partial charge in [-0.3, -0.25) is 9.88 Å². The Labute approximate surface area is 224 Å². The SMILES string of the molecule is COc1ccc2c(c1)CCN(C1CCN(c3cc(Oc4cc(C)c5[nH]c(=O)oc5c4)cc[n+]3[O-])CC1)C(=O)N2. The summed E-state index contributed by atoms with van der Waals surface area (Å²) in [4.78, 5) is 31.2. The number of ether oxygens (including phenoxy) is 2. The second-order valence-electron chi connectivity index (χ2n) is 9.89. The van der Waals surface area contributed by atoms with Crippen LogP contribution in [0.15, 0.2) is 57.9 Å². The Hall–Kier alpha value is -4.67. The molecular formula is C28H29N5O6. The molecule has 2 aliphatic rings. The van der Waals surface area contributed by atoms with Crippen LogP contribution < -0.4 is 30.2 Å². The van der Waals surface area contributed by atoms with Crippen molar-refractivity contribution in [3.63, 3.8) is 0 Å². The van der Waals surface area contributed by atoms with E-state index in [2.05, 4.69) is 10.3 Å². The number of nitrogens with one attached hydrogen (secondary N) is 2. The summed E-state index contributed by atoms with van der Waals surface area (Å²) in [6.45, 7) is 3.72. The van der Waals surface area contributed by atoms with Crippen molar-refractivity contribution in [3.8, 4) is 17.2 Å². The molecule has 0 atom stereocenters. The van der Waals surface area contributed by atoms with Crippen molar-refractivity contribution in [2.45, 2.75) is 32.2 Å². The van der Waals surface area contributed by atoms with Gasteiger partial charge in [-0.05, 0) is 48.7 Å². The number of methoxy groups -OCH3 is 1. The molecule has 202 valence electrons. The van der Waals surface area contributed by atoms with Crippen LogP contribution in [0.2, 0.25) is 0 Å². The maximum absolute atomic E-state index is 13.0. The number of hydrogen-bond acceptors (Lipinski definition) is 7. The van der Waals surface area contributed by atoms with Crippen LogP contribution in [0.3, 0.4) is 0 Å². The first-order chi connectivity index (χ1) is 18.9. The average Bonchev–Trinajstić information content (AvgIpc) is 3.23. The Morgan fingerprint density at radius 1 is 1.03 bits per heavy atom. The lowest BCUT2D eigenvalue weighted by molar-refractivity contribution is -0.592. The van der Waals surface area contributed by atoms with Crippen LogP contribution in [0.4, 0.5) is 16.3 Å². The highest BCUT2D eigenvalue weighted by Crippen LogP contribution is 2.31. The van der Waals surface area contributed by atoms with Gasteiger partial charge in [0.2, 0.25) is 0 Å². The Bertz CT molecular complexity index is 1600. The molecule has 4 heterocycles. The molecule has 0 unspecified atom stereocenters. The highest BCUT2D eigenvalue weighted by Gasteiger charge is 2.33. The Morgan fingerprint density at radius 2 is 1.85 bits per heavy atom. The molecule has 11 heteroatoms. The van der Waals surface area contributed by atoms with Crippen LogP contribution in [-0.4, -0.2) is 48.7 Å². The predicted octanol–water partition coefficient (Wildman–Crippen LogP) is 3.92. The molecule has 0 aliphatic carbocycles. The summed E-state index contributed by atoms with van der Waals surface area (Å²) in [5.74, 6) is 1.73. The van der Waals surface area contributed by atoms with Crippen LogP contribution in [0.25, 0.3) is 11.1 Å². The van der Waals surface area contributed by atoms with Gasteiger partial charge in [0.1, 0.15) is 17.2 Å². The minimum atomic E-state index is -0.523. The van der Waals surface area contributed by atoms with Crippen LogP contribution in [0.1, 0.15) is 24.0 Å². The number of amides is 2. The summed E-state index contributed by atoms with van der Waals surface area (Å²) in [6, 6.07) is 12.4. The van der Waals surface area contributed by atoms with E-state index in [0.29, 0.717) is 48.1 Å². The monoisotopic (exact) mass is 531 g/mol. The van der Waals surface area contributed by atoms with Crippen LogP contribution in [0.5, 0.6) is 17.2 Å². The number of aryl methyl sites for hydroxylation is 1. The minimum Gasteiger partial charge on any atom is -0.711 e. The number of hydrogen-bond donors (Lipinski definition) is 2. The number of benzene rings is 2. The van der Waals surface area contributed by atoms with Gasteiger partial charge < -0.3 is 29.3 Å². The highest BCUT2D eigenvalue weighted by molar-refractivity contribution is 5.91. The predicted molar refractivity (Wildman–Crippen MR) is 145 cm³/mol. The van der Waals surface area contributed by atoms with Crippen molar-refractivity contribution in [1.29, 1.82) is 0 Å². The van der Waals surface area contributed by atoms with E-state index in [4.69, 9.17) is 13.9 Å². The third-order valence-electron chi connectivity index (χ3n) is 7.48. The molecule has 0 radical (unpaired) electrons. The fourth-order valence-electron chi connectivity index (χ4n) is 5.45. The molecule has 2 N–H and O–H groups in total. The van der Waals surface area contributed by atoms with E-state index in [1.54, 1.807) is 31.4 Å². The number of carbonyl (C=O) groups is 1. The maximum atomic E-state index is 13.0. The van der Waals surface area contributed by atoms with E-state index in [0.717, 1.165) is 46.6 Å². The molecule has 0 spiro atoms. The van der Waals surface area contributed by atoms with Crippen molar-refractivity contribution in [2.24, 2.45) is 0 Å². The van der Waals surface area contributed by atoms with Crippen molar-refractivity contribution >= 4 is 28.6 Å². The lowest BCUT2D eigenvalue weighted by Gasteiger charge is -2.36. The van der Waals surface area contributed by atoms with E-state index in [1.165, 1.54) is 6.20 Å². The van der Waals surface area contributed by atoms with E-state index in [9.17, 15) is 14.8 Å². The number of fused-ring (bicyclic) bond motifs is 2. The minimum absolute atomic E-state index is 0.0719. The molecule has 2 aliphatic heterocycles. The third kappa shape index (κ3) is 4.83. The summed E-state index contributed by atoms with van der Waals surface area (Å²) in [5, 5.41) is 15.7. The quantitative estimate of drug-likeness (QED) is 0.295. The van der Waals surface area contributed by atoms with Crippen molar-refractivity contribution in [1.82, 2.24) is 9.88 Å². The molecule has 2 amide bonds. The number of carbonyl (C=O) groups excluding carboxylic acids is 1. The molecule has 2 aromatic carbocycles. The third-order valence-corrected chi connectivity index (χ3v) is 7.48. The lowest BCUT2D eigenvalue weighted by atomic mass is 10.0. The molecule has 39 heavy (non-hydrogen) atoms. The number of rotatable bonds is 5. The van der Waals surface area contributed by atoms with Gasteiger partial charge in [0.25, 0.3) is 5.82 Å². The number of nitrogens with zero attached hydrogens (tertiary/aromatic N) is 3. The second kappa shape index (κ2) is 9.90. The van der Waals surface area contributed by atoms with Gasteiger partial charge in [0.05, 0.1) is 38.0 Å². The van der Waals surface area contributed by atoms with E-state index >= 15 is 0 Å². The van der Waals surface area contributed by atoms with E-state index in [1.807, 2.05) is 34.9 Å². The van der Waals surface area contributed by atoms with Gasteiger partial charge in [-0.25, -0.2) is 14.3 Å². The van der Waals surface area contributed by atoms with Crippen molar-refractivity contribution in [2.75, 3.05) is 37.0 Å². The highest BCUT2D eigenvalue weighted by atomic mass is 16.5. The zero-order chi connectivity index (χ0) is 27.1. The van der Waals surface area contributed by atoms with Crippen LogP contribution in [-0.2, 0) is 6.42 Å². The number of H-pyrrole nitrogens is 1. The molecule has 6 rings (SSSR count). The van der Waals surface area contributed by atoms with E-state index in [-0.39, 0.29) is 12.1 Å². The molecule has 0 bridgehead atoms. The van der Waals surface area contributed by atoms with Crippen molar-refractivity contribution in [3.05, 3.63) is 75.5 Å². The zero-order valence-electron chi connectivity index (χ0n) is 21.7. The number of anilines is 2. The fourth-order valence-corrected chi connectivity index (χ4v) is 5.45. The van der Waals surface area contributed by atoms with Gasteiger partial charge in [-0.2, -0.15) is 0 Å². The van der Waals surface area contributed by atoms with Gasteiger partial charge in [-0.1, -0.05) is 0 Å². The zero-order valence-corrected chi connectivity index (χ0v) is 21.7. The molecule has 1 fully saturated rings. The first-order valence-corrected chi connectivity index (χ1v) is 12.9. The average molecular weight is 532 g/mol. The lowest BCUT2D eigenvalue weighted by Crippen LogP contribution is -2.50. The van der Waals surface area contributed by atoms with Crippen molar-refractivity contribution < 1.29 is 23.4 Å². The summed E-state index contributed by atoms with van der Waals surface area (Å²) >= 11 is 0. The van der Waals surface area contributed by atoms with Gasteiger partial charge in [0.15, 0.2) is 5.58 Å². The smallest absolute Gasteiger partial charge is 0.417 e. The molecule has 4 aromatic rings. The molecule has 11 nitrogen and oxygen atoms in total. The number of urea groups is 1. The summed E-state index contributed by atoms with van der Waals surface area (Å²) in [7, 11) is 1.63. The standard InChI is InChI=1S/C28H29N5O6/c1-17-13-22(15-24-26(17)30-28(35)39-24)38-21-8-12-33(36)25(16-21)31-9-6-19(7-10-31)32-11-5-18-14-20(37-2)3-4-23(18)29-27(32)34/h3-4,8,12-16,19H,5-7,9-11H2,1-2H3,(H,29,34)(H,30,35). The van der Waals surface area contributed by atoms with Crippen LogP contribution in [0, 0.1) is 12.1 Å². The first kappa shape index (κ1) is 24.7. The molecule has 1 saturated heterocycles. The fraction of sp³-hybridized carbons (Fsp3) is 0.321. The molecule has 2 aromatic heterocycles. The van der Waals surface area contributed by atoms with Gasteiger partial charge in [-0.15, -0.1) is 0 Å². The number of oxazole rings is 1. The first-order valence-electron chi connectivity index (χ1n) is 12.9. The second-order valence-corrected chi connectivity index (χ2v) is 9.89. The summed E-state index contributed by atoms with van der Waals surface area (Å²) in [6.07, 6.45) is 3.64. The number of pyridine rings is 1. The van der Waals surface area contributed by atoms with Gasteiger partial charge >= 0.3 is 11.8 Å². The topological polar surface area (TPSA) is 127 Å². The number of aromatic amines is 1. The molecule has 0 saturated carbocycles. The summed E-state index contributed by atoms with van der Waals surface area (Å²) in [5.41, 5.74) is 3.72. The van der Waals surface area contributed by atoms with Gasteiger partial charge in [0, 0.05) is 43.2 Å². The largest absolute Gasteiger partial charge is 0.711 e. The Morgan fingerprint density at radius 3 is 2.64 bits per heavy atom. The number of piperidine rings is 1. The summed E-state index contributed by atoms with van der Waals surface area (Å²) < 4.78 is 17.4. The number of aromatic nitrogens is 2. The maximum Gasteiger partial charge on any atom is 0.417 e. The Kier molecular flexibility index (Phi) is 6.26. The molecular weight excluding hydrogens is 502 g/mol. The Balaban J connectivity index is 1.13. The van der Waals surface area contributed by atoms with Crippen LogP contribution >= 0.6 is 0 Å². The van der Waals surface area contributed by atoms with E-state index < -0.39 is 5.76 Å².